The number of piperazine rings is 1. The Kier molecular flexibility index (Phi) is 5.59. The minimum Gasteiger partial charge on any atom is -0.486 e. The fourth-order valence-corrected chi connectivity index (χ4v) is 6.00. The number of carbonyl (C=O) groups is 2. The summed E-state index contributed by atoms with van der Waals surface area (Å²) < 4.78 is 38.7. The number of hydrogen-bond acceptors (Lipinski definition) is 7. The number of carbonyl (C=O) groups excluding carboxylic acids is 2. The zero-order valence-electron chi connectivity index (χ0n) is 18.3. The summed E-state index contributed by atoms with van der Waals surface area (Å²) in [7, 11) is -3.72. The van der Waals surface area contributed by atoms with Gasteiger partial charge in [-0.1, -0.05) is 18.2 Å². The molecule has 2 saturated heterocycles. The summed E-state index contributed by atoms with van der Waals surface area (Å²) in [5.41, 5.74) is 1.46. The number of para-hydroxylation sites is 1. The molecular formula is C23H25N3O6S. The molecule has 3 heterocycles. The molecule has 2 fully saturated rings. The van der Waals surface area contributed by atoms with Crippen LogP contribution in [0.1, 0.15) is 12.0 Å². The lowest BCUT2D eigenvalue weighted by molar-refractivity contribution is -0.123. The first-order valence-electron chi connectivity index (χ1n) is 10.9. The topological polar surface area (TPSA) is 96.5 Å². The van der Waals surface area contributed by atoms with Gasteiger partial charge >= 0.3 is 0 Å². The van der Waals surface area contributed by atoms with Crippen molar-refractivity contribution in [3.63, 3.8) is 0 Å². The van der Waals surface area contributed by atoms with Crippen LogP contribution >= 0.6 is 0 Å². The molecule has 0 unspecified atom stereocenters. The standard InChI is InChI=1S/C23H25N3O6S/c1-16-4-2-3-5-18(16)26-22(27)15-19(23(26)28)24-8-10-25(11-9-24)33(29,30)17-6-7-20-21(14-17)32-13-12-31-20/h2-7,14,19H,8-13,15H2,1H3/t19-/m1/s1. The Balaban J connectivity index is 1.28. The van der Waals surface area contributed by atoms with Gasteiger partial charge in [-0.3, -0.25) is 14.5 Å². The molecule has 0 aliphatic carbocycles. The predicted octanol–water partition coefficient (Wildman–Crippen LogP) is 1.40. The number of imide groups is 1. The summed E-state index contributed by atoms with van der Waals surface area (Å²) in [6.45, 7) is 3.89. The van der Waals surface area contributed by atoms with Crippen molar-refractivity contribution in [2.24, 2.45) is 0 Å². The van der Waals surface area contributed by atoms with Crippen LogP contribution in [-0.4, -0.2) is 74.9 Å². The fraction of sp³-hybridized carbons (Fsp3) is 0.391. The molecule has 0 spiro atoms. The van der Waals surface area contributed by atoms with E-state index in [2.05, 4.69) is 0 Å². The number of aryl methyl sites for hydroxylation is 1. The number of anilines is 1. The molecule has 33 heavy (non-hydrogen) atoms. The molecule has 1 atom stereocenters. The van der Waals surface area contributed by atoms with Crippen LogP contribution < -0.4 is 14.4 Å². The van der Waals surface area contributed by atoms with Crippen LogP contribution in [0.3, 0.4) is 0 Å². The first-order valence-corrected chi connectivity index (χ1v) is 12.4. The highest BCUT2D eigenvalue weighted by atomic mass is 32.2. The van der Waals surface area contributed by atoms with Gasteiger partial charge in [0.1, 0.15) is 13.2 Å². The number of fused-ring (bicyclic) bond motifs is 1. The predicted molar refractivity (Wildman–Crippen MR) is 120 cm³/mol. The largest absolute Gasteiger partial charge is 0.486 e. The molecule has 0 N–H and O–H groups in total. The van der Waals surface area contributed by atoms with Crippen LogP contribution in [0, 0.1) is 6.92 Å². The van der Waals surface area contributed by atoms with E-state index in [9.17, 15) is 18.0 Å². The van der Waals surface area contributed by atoms with Gasteiger partial charge < -0.3 is 9.47 Å². The van der Waals surface area contributed by atoms with Crippen LogP contribution in [0.5, 0.6) is 11.5 Å². The first-order chi connectivity index (χ1) is 15.9. The van der Waals surface area contributed by atoms with Crippen molar-refractivity contribution in [3.8, 4) is 11.5 Å². The highest BCUT2D eigenvalue weighted by Gasteiger charge is 2.44. The molecular weight excluding hydrogens is 446 g/mol. The van der Waals surface area contributed by atoms with Crippen LogP contribution in [0.4, 0.5) is 5.69 Å². The Bertz CT molecular complexity index is 1210. The SMILES string of the molecule is Cc1ccccc1N1C(=O)C[C@@H](N2CCN(S(=O)(=O)c3ccc4c(c3)OCCO4)CC2)C1=O. The summed E-state index contributed by atoms with van der Waals surface area (Å²) >= 11 is 0. The van der Waals surface area contributed by atoms with Crippen molar-refractivity contribution in [2.75, 3.05) is 44.3 Å². The van der Waals surface area contributed by atoms with Gasteiger partial charge in [0.15, 0.2) is 11.5 Å². The molecule has 2 aromatic rings. The zero-order chi connectivity index (χ0) is 23.2. The highest BCUT2D eigenvalue weighted by molar-refractivity contribution is 7.89. The molecule has 174 valence electrons. The fourth-order valence-electron chi connectivity index (χ4n) is 4.56. The van der Waals surface area contributed by atoms with Crippen molar-refractivity contribution in [1.82, 2.24) is 9.21 Å². The molecule has 0 aromatic heterocycles. The zero-order valence-corrected chi connectivity index (χ0v) is 19.1. The van der Waals surface area contributed by atoms with Gasteiger partial charge in [0, 0.05) is 32.2 Å². The highest BCUT2D eigenvalue weighted by Crippen LogP contribution is 2.34. The summed E-state index contributed by atoms with van der Waals surface area (Å²) in [4.78, 5) is 29.1. The first kappa shape index (κ1) is 21.9. The molecule has 0 radical (unpaired) electrons. The second kappa shape index (κ2) is 8.44. The quantitative estimate of drug-likeness (QED) is 0.622. The van der Waals surface area contributed by atoms with Gasteiger partial charge in [0.05, 0.1) is 23.0 Å². The molecule has 2 aromatic carbocycles. The third-order valence-electron chi connectivity index (χ3n) is 6.34. The van der Waals surface area contributed by atoms with Crippen LogP contribution in [-0.2, 0) is 19.6 Å². The number of hydrogen-bond donors (Lipinski definition) is 0. The Morgan fingerprint density at radius 3 is 2.33 bits per heavy atom. The van der Waals surface area contributed by atoms with Gasteiger partial charge in [-0.05, 0) is 30.7 Å². The van der Waals surface area contributed by atoms with Crippen molar-refractivity contribution in [2.45, 2.75) is 24.3 Å². The van der Waals surface area contributed by atoms with Crippen molar-refractivity contribution in [1.29, 1.82) is 0 Å². The third-order valence-corrected chi connectivity index (χ3v) is 8.24. The smallest absolute Gasteiger partial charge is 0.251 e. The van der Waals surface area contributed by atoms with E-state index in [1.807, 2.05) is 24.0 Å². The lowest BCUT2D eigenvalue weighted by atomic mass is 10.1. The molecule has 0 bridgehead atoms. The number of nitrogens with zero attached hydrogens (tertiary/aromatic N) is 3. The number of amides is 2. The Morgan fingerprint density at radius 2 is 1.61 bits per heavy atom. The second-order valence-electron chi connectivity index (χ2n) is 8.32. The summed E-state index contributed by atoms with van der Waals surface area (Å²) in [5, 5.41) is 0. The van der Waals surface area contributed by atoms with Crippen LogP contribution in [0.25, 0.3) is 0 Å². The average Bonchev–Trinajstić information content (AvgIpc) is 3.13. The average molecular weight is 472 g/mol. The van der Waals surface area contributed by atoms with E-state index in [1.54, 1.807) is 18.2 Å². The van der Waals surface area contributed by atoms with Crippen molar-refractivity contribution in [3.05, 3.63) is 48.0 Å². The van der Waals surface area contributed by atoms with E-state index in [4.69, 9.17) is 9.47 Å². The molecule has 9 nitrogen and oxygen atoms in total. The Morgan fingerprint density at radius 1 is 0.909 bits per heavy atom. The monoisotopic (exact) mass is 471 g/mol. The lowest BCUT2D eigenvalue weighted by Gasteiger charge is -2.36. The van der Waals surface area contributed by atoms with E-state index >= 15 is 0 Å². The molecule has 3 aliphatic rings. The van der Waals surface area contributed by atoms with Gasteiger partial charge in [0.25, 0.3) is 5.91 Å². The molecule has 5 rings (SSSR count). The van der Waals surface area contributed by atoms with Crippen LogP contribution in [0.2, 0.25) is 0 Å². The van der Waals surface area contributed by atoms with Gasteiger partial charge in [-0.15, -0.1) is 0 Å². The second-order valence-corrected chi connectivity index (χ2v) is 10.3. The van der Waals surface area contributed by atoms with E-state index in [1.165, 1.54) is 21.3 Å². The summed E-state index contributed by atoms with van der Waals surface area (Å²) in [5.74, 6) is 0.475. The van der Waals surface area contributed by atoms with Gasteiger partial charge in [0.2, 0.25) is 15.9 Å². The molecule has 3 aliphatic heterocycles. The number of ether oxygens (including phenoxy) is 2. The lowest BCUT2D eigenvalue weighted by Crippen LogP contribution is -2.53. The van der Waals surface area contributed by atoms with E-state index in [0.29, 0.717) is 43.5 Å². The number of rotatable bonds is 4. The summed E-state index contributed by atoms with van der Waals surface area (Å²) in [6, 6.07) is 11.4. The molecule has 0 saturated carbocycles. The maximum Gasteiger partial charge on any atom is 0.251 e. The van der Waals surface area contributed by atoms with E-state index in [0.717, 1.165) is 5.56 Å². The van der Waals surface area contributed by atoms with Crippen molar-refractivity contribution < 1.29 is 27.5 Å². The van der Waals surface area contributed by atoms with E-state index < -0.39 is 16.1 Å². The van der Waals surface area contributed by atoms with Gasteiger partial charge in [-0.2, -0.15) is 4.31 Å². The minimum absolute atomic E-state index is 0.0993. The number of benzene rings is 2. The number of sulfonamides is 1. The van der Waals surface area contributed by atoms with E-state index in [-0.39, 0.29) is 36.2 Å². The normalized spacial score (nSPS) is 22.1. The molecule has 10 heteroatoms. The third kappa shape index (κ3) is 3.88. The van der Waals surface area contributed by atoms with Crippen molar-refractivity contribution >= 4 is 27.5 Å². The minimum atomic E-state index is -3.72. The molecule has 2 amide bonds. The maximum absolute atomic E-state index is 13.2. The van der Waals surface area contributed by atoms with Gasteiger partial charge in [-0.25, -0.2) is 13.3 Å². The Hall–Kier alpha value is -2.95. The summed E-state index contributed by atoms with van der Waals surface area (Å²) in [6.07, 6.45) is 0.0993. The van der Waals surface area contributed by atoms with Crippen LogP contribution in [0.15, 0.2) is 47.4 Å². The maximum atomic E-state index is 13.2. The Labute approximate surface area is 192 Å².